The lowest BCUT2D eigenvalue weighted by atomic mass is 9.63. The van der Waals surface area contributed by atoms with Gasteiger partial charge in [0.25, 0.3) is 0 Å². The lowest BCUT2D eigenvalue weighted by Crippen LogP contribution is -2.63. The van der Waals surface area contributed by atoms with Crippen molar-refractivity contribution in [2.75, 3.05) is 6.61 Å². The summed E-state index contributed by atoms with van der Waals surface area (Å²) in [6, 6.07) is 6.09. The number of fused-ring (bicyclic) bond motifs is 3. The van der Waals surface area contributed by atoms with Gasteiger partial charge in [-0.25, -0.2) is 0 Å². The molecular weight excluding hydrogens is 512 g/mol. The predicted molar refractivity (Wildman–Crippen MR) is 133 cm³/mol. The highest BCUT2D eigenvalue weighted by Crippen LogP contribution is 2.50. The van der Waals surface area contributed by atoms with Crippen LogP contribution in [0.2, 0.25) is 0 Å². The minimum Gasteiger partial charge on any atom is -0.507 e. The number of aromatic hydroxyl groups is 2. The maximum atomic E-state index is 14.4. The molecule has 0 spiro atoms. The molecule has 39 heavy (non-hydrogen) atoms. The number of benzene rings is 2. The van der Waals surface area contributed by atoms with Crippen LogP contribution >= 0.6 is 0 Å². The molecule has 0 aromatic heterocycles. The second kappa shape index (κ2) is 9.61. The molecule has 7 atom stereocenters. The molecule has 206 valence electrons. The van der Waals surface area contributed by atoms with Gasteiger partial charge in [0.15, 0.2) is 29.2 Å². The van der Waals surface area contributed by atoms with E-state index in [1.807, 2.05) is 0 Å². The highest BCUT2D eigenvalue weighted by atomic mass is 16.7. The molecule has 2 aromatic carbocycles. The van der Waals surface area contributed by atoms with E-state index >= 15 is 0 Å². The summed E-state index contributed by atoms with van der Waals surface area (Å²) in [5.74, 6) is -6.07. The van der Waals surface area contributed by atoms with E-state index in [1.165, 1.54) is 13.0 Å². The van der Waals surface area contributed by atoms with Gasteiger partial charge < -0.3 is 35.0 Å². The van der Waals surface area contributed by atoms with Gasteiger partial charge in [-0.1, -0.05) is 18.2 Å². The van der Waals surface area contributed by atoms with Crippen LogP contribution in [-0.2, 0) is 30.3 Å². The third kappa shape index (κ3) is 4.09. The summed E-state index contributed by atoms with van der Waals surface area (Å²) in [5, 5.41) is 53.5. The van der Waals surface area contributed by atoms with Crippen molar-refractivity contribution in [1.29, 1.82) is 0 Å². The average Bonchev–Trinajstić information content (AvgIpc) is 2.88. The number of ether oxygens (including phenoxy) is 2. The highest BCUT2D eigenvalue weighted by molar-refractivity contribution is 6.14. The maximum Gasteiger partial charge on any atom is 0.203 e. The van der Waals surface area contributed by atoms with Crippen molar-refractivity contribution in [1.82, 2.24) is 0 Å². The Hall–Kier alpha value is -3.48. The number of rotatable bonds is 5. The maximum absolute atomic E-state index is 14.4. The van der Waals surface area contributed by atoms with Crippen LogP contribution in [0.1, 0.15) is 36.2 Å². The molecule has 0 radical (unpaired) electrons. The van der Waals surface area contributed by atoms with Gasteiger partial charge in [0, 0.05) is 17.9 Å². The smallest absolute Gasteiger partial charge is 0.203 e. The van der Waals surface area contributed by atoms with E-state index < -0.39 is 77.5 Å². The molecule has 7 unspecified atom stereocenters. The van der Waals surface area contributed by atoms with E-state index in [1.54, 1.807) is 18.2 Å². The zero-order chi connectivity index (χ0) is 28.4. The van der Waals surface area contributed by atoms with Crippen LogP contribution in [0.25, 0.3) is 10.8 Å². The second-order valence-corrected chi connectivity index (χ2v) is 10.3. The number of hydrogen-bond donors (Lipinski definition) is 5. The number of aliphatic hydroxyl groups is 3. The Kier molecular flexibility index (Phi) is 6.68. The monoisotopic (exact) mass is 540 g/mol. The number of aliphatic hydroxyl groups excluding tert-OH is 3. The number of hydrogen-bond acceptors (Lipinski definition) is 11. The van der Waals surface area contributed by atoms with E-state index in [4.69, 9.17) is 9.47 Å². The fourth-order valence-electron chi connectivity index (χ4n) is 5.93. The first-order chi connectivity index (χ1) is 18.4. The van der Waals surface area contributed by atoms with Crippen molar-refractivity contribution >= 4 is 33.9 Å². The Balaban J connectivity index is 1.74. The molecule has 1 saturated heterocycles. The predicted octanol–water partition coefficient (Wildman–Crippen LogP) is 0.494. The Morgan fingerprint density at radius 1 is 1.15 bits per heavy atom. The van der Waals surface area contributed by atoms with Crippen LogP contribution in [0, 0.1) is 11.8 Å². The van der Waals surface area contributed by atoms with Gasteiger partial charge >= 0.3 is 0 Å². The van der Waals surface area contributed by atoms with E-state index in [0.29, 0.717) is 10.9 Å². The Morgan fingerprint density at radius 3 is 2.54 bits per heavy atom. The van der Waals surface area contributed by atoms with Crippen LogP contribution in [0.15, 0.2) is 35.9 Å². The van der Waals surface area contributed by atoms with Crippen molar-refractivity contribution in [3.05, 3.63) is 47.0 Å². The van der Waals surface area contributed by atoms with Gasteiger partial charge in [-0.15, -0.1) is 0 Å². The molecule has 0 saturated carbocycles. The topological polar surface area (TPSA) is 188 Å². The third-order valence-corrected chi connectivity index (χ3v) is 8.02. The Labute approximate surface area is 222 Å². The summed E-state index contributed by atoms with van der Waals surface area (Å²) in [4.78, 5) is 51.7. The lowest BCUT2D eigenvalue weighted by Gasteiger charge is -2.50. The number of phenolic OH excluding ortho intramolecular Hbond substituents is 2. The second-order valence-electron chi connectivity index (χ2n) is 10.3. The average molecular weight is 541 g/mol. The summed E-state index contributed by atoms with van der Waals surface area (Å²) in [5.41, 5.74) is -2.46. The first-order valence-electron chi connectivity index (χ1n) is 12.5. The van der Waals surface area contributed by atoms with Crippen LogP contribution in [-0.4, -0.2) is 85.5 Å². The molecule has 11 heteroatoms. The largest absolute Gasteiger partial charge is 0.507 e. The Morgan fingerprint density at radius 2 is 1.87 bits per heavy atom. The zero-order valence-electron chi connectivity index (χ0n) is 21.2. The standard InChI is InChI=1S/C28H28O11/c1-11(30)16-9-28(39-27-15(20(33)10-29)8-19(32)12(2)38-27)17(24(35)23(16)34)7-14-6-13-4-3-5-18(31)21(13)25(36)22(14)26(28)37/h3-6,9,12,15,17,23-24,27,29,31,34-36H,7-8,10H2,1-2H3. The van der Waals surface area contributed by atoms with Gasteiger partial charge in [0.1, 0.15) is 30.3 Å². The minimum absolute atomic E-state index is 0.00633. The van der Waals surface area contributed by atoms with Gasteiger partial charge in [-0.05, 0) is 43.4 Å². The summed E-state index contributed by atoms with van der Waals surface area (Å²) < 4.78 is 11.9. The molecule has 3 aliphatic rings. The van der Waals surface area contributed by atoms with Crippen molar-refractivity contribution in [3.63, 3.8) is 0 Å². The Bertz CT molecular complexity index is 1440. The molecular formula is C28H28O11. The van der Waals surface area contributed by atoms with E-state index in [9.17, 15) is 44.7 Å². The van der Waals surface area contributed by atoms with E-state index in [2.05, 4.69) is 0 Å². The molecule has 1 aliphatic heterocycles. The molecule has 0 amide bonds. The number of ketones is 4. The highest BCUT2D eigenvalue weighted by Gasteiger charge is 2.60. The van der Waals surface area contributed by atoms with Crippen molar-refractivity contribution < 1.29 is 54.2 Å². The van der Waals surface area contributed by atoms with Crippen molar-refractivity contribution in [2.24, 2.45) is 11.8 Å². The van der Waals surface area contributed by atoms with Gasteiger partial charge in [0.2, 0.25) is 5.78 Å². The molecule has 11 nitrogen and oxygen atoms in total. The van der Waals surface area contributed by atoms with Crippen molar-refractivity contribution in [3.8, 4) is 11.5 Å². The molecule has 2 aromatic rings. The summed E-state index contributed by atoms with van der Waals surface area (Å²) in [7, 11) is 0. The van der Waals surface area contributed by atoms with Crippen molar-refractivity contribution in [2.45, 2.75) is 56.9 Å². The zero-order valence-corrected chi connectivity index (χ0v) is 21.2. The quantitative estimate of drug-likeness (QED) is 0.355. The fraction of sp³-hybridized carbons (Fsp3) is 0.429. The summed E-state index contributed by atoms with van der Waals surface area (Å²) in [6.07, 6.45) is -5.27. The van der Waals surface area contributed by atoms with E-state index in [0.717, 1.165) is 13.0 Å². The summed E-state index contributed by atoms with van der Waals surface area (Å²) >= 11 is 0. The normalized spacial score (nSPS) is 32.4. The van der Waals surface area contributed by atoms with Gasteiger partial charge in [0.05, 0.1) is 23.0 Å². The van der Waals surface area contributed by atoms with Crippen LogP contribution in [0.4, 0.5) is 0 Å². The first-order valence-corrected chi connectivity index (χ1v) is 12.5. The van der Waals surface area contributed by atoms with Crippen LogP contribution < -0.4 is 0 Å². The summed E-state index contributed by atoms with van der Waals surface area (Å²) in [6.45, 7) is 1.64. The van der Waals surface area contributed by atoms with Gasteiger partial charge in [-0.3, -0.25) is 19.2 Å². The third-order valence-electron chi connectivity index (χ3n) is 8.02. The SMILES string of the molecule is CC(=O)C1=CC2(OC3OC(C)C(=O)CC3C(=O)CO)C(=O)c3c(cc4cccc(O)c4c3O)CC2C(O)C1O. The molecule has 5 N–H and O–H groups in total. The molecule has 2 aliphatic carbocycles. The number of Topliss-reactive ketones (excluding diaryl/α,β-unsaturated/α-hetero) is 4. The van der Waals surface area contributed by atoms with Gasteiger partial charge in [-0.2, -0.15) is 0 Å². The fourth-order valence-corrected chi connectivity index (χ4v) is 5.93. The number of carbonyl (C=O) groups excluding carboxylic acids is 4. The molecule has 5 rings (SSSR count). The minimum atomic E-state index is -2.22. The van der Waals surface area contributed by atoms with Crippen LogP contribution in [0.5, 0.6) is 11.5 Å². The molecule has 1 heterocycles. The molecule has 1 fully saturated rings. The van der Waals surface area contributed by atoms with E-state index in [-0.39, 0.29) is 35.1 Å². The lowest BCUT2D eigenvalue weighted by molar-refractivity contribution is -0.252. The number of phenols is 2. The number of carbonyl (C=O) groups is 4. The van der Waals surface area contributed by atoms with Crippen LogP contribution in [0.3, 0.4) is 0 Å². The first kappa shape index (κ1) is 27.1. The molecule has 0 bridgehead atoms.